The highest BCUT2D eigenvalue weighted by atomic mass is 16.5. The number of benzene rings is 3. The summed E-state index contributed by atoms with van der Waals surface area (Å²) in [4.78, 5) is 32.9. The smallest absolute Gasteiger partial charge is 0.329 e. The number of nitriles is 1. The molecule has 1 amide bonds. The second-order valence-corrected chi connectivity index (χ2v) is 7.73. The fourth-order valence-corrected chi connectivity index (χ4v) is 3.51. The molecule has 8 heteroatoms. The van der Waals surface area contributed by atoms with Crippen molar-refractivity contribution in [2.24, 2.45) is 0 Å². The Kier molecular flexibility index (Phi) is 7.19. The first kappa shape index (κ1) is 23.3. The first-order valence-electron chi connectivity index (χ1n) is 10.9. The number of hydrogen-bond donors (Lipinski definition) is 3. The Morgan fingerprint density at radius 3 is 2.34 bits per heavy atom. The number of carbonyl (C=O) groups excluding carboxylic acids is 2. The fourth-order valence-electron chi connectivity index (χ4n) is 3.51. The van der Waals surface area contributed by atoms with E-state index < -0.39 is 30.3 Å². The van der Waals surface area contributed by atoms with Gasteiger partial charge in [-0.3, -0.25) is 4.79 Å². The van der Waals surface area contributed by atoms with E-state index >= 15 is 0 Å². The van der Waals surface area contributed by atoms with E-state index in [0.717, 1.165) is 5.56 Å². The molecule has 0 radical (unpaired) electrons. The zero-order valence-corrected chi connectivity index (χ0v) is 18.6. The lowest BCUT2D eigenvalue weighted by atomic mass is 10.1. The van der Waals surface area contributed by atoms with Crippen LogP contribution in [0.25, 0.3) is 16.6 Å². The summed E-state index contributed by atoms with van der Waals surface area (Å²) in [5.74, 6) is -1.46. The van der Waals surface area contributed by atoms with Gasteiger partial charge in [0.1, 0.15) is 24.3 Å². The summed E-state index contributed by atoms with van der Waals surface area (Å²) in [6, 6.07) is 25.8. The van der Waals surface area contributed by atoms with Crippen LogP contribution >= 0.6 is 0 Å². The molecule has 8 nitrogen and oxygen atoms in total. The Balaban J connectivity index is 1.51. The minimum atomic E-state index is -1.00. The van der Waals surface area contributed by atoms with E-state index in [1.807, 2.05) is 42.5 Å². The lowest BCUT2D eigenvalue weighted by molar-refractivity contribution is -0.145. The van der Waals surface area contributed by atoms with Gasteiger partial charge in [-0.15, -0.1) is 0 Å². The SMILES string of the molecule is N#C/C(=C(/O)COC(=O)C(Cc1ccccc1)NC(=O)c1ccccc1)c1nc2ccccc2[nH]1. The molecule has 0 saturated carbocycles. The predicted molar refractivity (Wildman–Crippen MR) is 130 cm³/mol. The summed E-state index contributed by atoms with van der Waals surface area (Å²) in [7, 11) is 0. The Morgan fingerprint density at radius 2 is 1.66 bits per heavy atom. The van der Waals surface area contributed by atoms with Crippen molar-refractivity contribution < 1.29 is 19.4 Å². The quantitative estimate of drug-likeness (QED) is 0.205. The van der Waals surface area contributed by atoms with Crippen molar-refractivity contribution in [2.75, 3.05) is 6.61 Å². The lowest BCUT2D eigenvalue weighted by Gasteiger charge is -2.18. The topological polar surface area (TPSA) is 128 Å². The van der Waals surface area contributed by atoms with E-state index in [0.29, 0.717) is 16.6 Å². The largest absolute Gasteiger partial charge is 0.507 e. The molecule has 0 aliphatic carbocycles. The summed E-state index contributed by atoms with van der Waals surface area (Å²) < 4.78 is 5.30. The normalized spacial score (nSPS) is 12.3. The second kappa shape index (κ2) is 10.8. The molecule has 0 spiro atoms. The van der Waals surface area contributed by atoms with Gasteiger partial charge in [0.25, 0.3) is 5.91 Å². The lowest BCUT2D eigenvalue weighted by Crippen LogP contribution is -2.43. The van der Waals surface area contributed by atoms with Crippen molar-refractivity contribution in [3.8, 4) is 6.07 Å². The maximum Gasteiger partial charge on any atom is 0.329 e. The molecule has 0 aliphatic rings. The maximum absolute atomic E-state index is 12.9. The number of hydrogen-bond acceptors (Lipinski definition) is 6. The monoisotopic (exact) mass is 466 g/mol. The van der Waals surface area contributed by atoms with Gasteiger partial charge >= 0.3 is 5.97 Å². The van der Waals surface area contributed by atoms with Gasteiger partial charge in [0.05, 0.1) is 11.0 Å². The summed E-state index contributed by atoms with van der Waals surface area (Å²) in [6.45, 7) is -0.550. The van der Waals surface area contributed by atoms with Crippen molar-refractivity contribution >= 4 is 28.5 Å². The molecule has 0 bridgehead atoms. The molecular weight excluding hydrogens is 444 g/mol. The van der Waals surface area contributed by atoms with Crippen LogP contribution in [0.1, 0.15) is 21.7 Å². The Labute approximate surface area is 201 Å². The first-order chi connectivity index (χ1) is 17.0. The molecule has 1 atom stereocenters. The van der Waals surface area contributed by atoms with E-state index in [-0.39, 0.29) is 17.8 Å². The van der Waals surface area contributed by atoms with E-state index in [2.05, 4.69) is 15.3 Å². The van der Waals surface area contributed by atoms with Crippen molar-refractivity contribution in [3.63, 3.8) is 0 Å². The van der Waals surface area contributed by atoms with Gasteiger partial charge in [0.2, 0.25) is 0 Å². The zero-order valence-electron chi connectivity index (χ0n) is 18.6. The van der Waals surface area contributed by atoms with Crippen molar-refractivity contribution in [2.45, 2.75) is 12.5 Å². The molecule has 1 aromatic heterocycles. The first-order valence-corrected chi connectivity index (χ1v) is 10.9. The highest BCUT2D eigenvalue weighted by Crippen LogP contribution is 2.19. The second-order valence-electron chi connectivity index (χ2n) is 7.73. The number of allylic oxidation sites excluding steroid dienone is 1. The number of imidazole rings is 1. The third-order valence-electron chi connectivity index (χ3n) is 5.29. The predicted octanol–water partition coefficient (Wildman–Crippen LogP) is 3.94. The number of rotatable bonds is 8. The van der Waals surface area contributed by atoms with Gasteiger partial charge in [0.15, 0.2) is 11.6 Å². The van der Waals surface area contributed by atoms with E-state index in [4.69, 9.17) is 4.74 Å². The number of aromatic nitrogens is 2. The highest BCUT2D eigenvalue weighted by molar-refractivity contribution is 5.96. The van der Waals surface area contributed by atoms with Crippen LogP contribution < -0.4 is 5.32 Å². The van der Waals surface area contributed by atoms with E-state index in [1.54, 1.807) is 48.5 Å². The highest BCUT2D eigenvalue weighted by Gasteiger charge is 2.24. The molecule has 1 heterocycles. The number of para-hydroxylation sites is 2. The van der Waals surface area contributed by atoms with Crippen molar-refractivity contribution in [1.82, 2.24) is 15.3 Å². The Morgan fingerprint density at radius 1 is 1.00 bits per heavy atom. The fraction of sp³-hybridized carbons (Fsp3) is 0.111. The third kappa shape index (κ3) is 5.72. The van der Waals surface area contributed by atoms with Crippen LogP contribution in [-0.4, -0.2) is 39.6 Å². The van der Waals surface area contributed by atoms with Crippen LogP contribution in [0.4, 0.5) is 0 Å². The molecular formula is C27H22N4O4. The van der Waals surface area contributed by atoms with Gasteiger partial charge in [-0.05, 0) is 29.8 Å². The number of aliphatic hydroxyl groups excluding tert-OH is 1. The van der Waals surface area contributed by atoms with Gasteiger partial charge in [-0.2, -0.15) is 5.26 Å². The molecule has 0 fully saturated rings. The number of nitrogens with one attached hydrogen (secondary N) is 2. The van der Waals surface area contributed by atoms with Crippen molar-refractivity contribution in [3.05, 3.63) is 108 Å². The molecule has 3 aromatic carbocycles. The van der Waals surface area contributed by atoms with Crippen LogP contribution in [0, 0.1) is 11.3 Å². The number of amides is 1. The van der Waals surface area contributed by atoms with Crippen LogP contribution in [0.3, 0.4) is 0 Å². The summed E-state index contributed by atoms with van der Waals surface area (Å²) in [5.41, 5.74) is 2.42. The number of carbonyl (C=O) groups is 2. The minimum absolute atomic E-state index is 0.137. The number of esters is 1. The van der Waals surface area contributed by atoms with Crippen LogP contribution in [0.15, 0.2) is 90.7 Å². The number of nitrogens with zero attached hydrogens (tertiary/aromatic N) is 2. The average molecular weight is 466 g/mol. The Bertz CT molecular complexity index is 1370. The Hall–Kier alpha value is -4.90. The molecule has 0 aliphatic heterocycles. The minimum Gasteiger partial charge on any atom is -0.507 e. The van der Waals surface area contributed by atoms with Gasteiger partial charge in [-0.1, -0.05) is 60.7 Å². The van der Waals surface area contributed by atoms with E-state index in [1.165, 1.54) is 0 Å². The maximum atomic E-state index is 12.9. The summed E-state index contributed by atoms with van der Waals surface area (Å²) in [5, 5.41) is 22.8. The molecule has 1 unspecified atom stereocenters. The molecule has 35 heavy (non-hydrogen) atoms. The van der Waals surface area contributed by atoms with Gasteiger partial charge in [0, 0.05) is 12.0 Å². The van der Waals surface area contributed by atoms with Crippen molar-refractivity contribution in [1.29, 1.82) is 5.26 Å². The standard InChI is InChI=1S/C27H22N4O4/c28-16-20(25-29-21-13-7-8-14-22(21)30-25)24(32)17-35-27(34)23(15-18-9-3-1-4-10-18)31-26(33)19-11-5-2-6-12-19/h1-14,23,32H,15,17H2,(H,29,30)(H,31,33)/b24-20-. The molecule has 4 rings (SSSR count). The number of aromatic amines is 1. The number of fused-ring (bicyclic) bond motifs is 1. The van der Waals surface area contributed by atoms with Gasteiger partial charge < -0.3 is 20.1 Å². The van der Waals surface area contributed by atoms with Crippen LogP contribution in [0.5, 0.6) is 0 Å². The average Bonchev–Trinajstić information content (AvgIpc) is 3.32. The number of H-pyrrole nitrogens is 1. The zero-order chi connectivity index (χ0) is 24.6. The third-order valence-corrected chi connectivity index (χ3v) is 5.29. The summed E-state index contributed by atoms with van der Waals surface area (Å²) in [6.07, 6.45) is 0.192. The number of aliphatic hydroxyl groups is 1. The molecule has 174 valence electrons. The molecule has 4 aromatic rings. The molecule has 3 N–H and O–H groups in total. The van der Waals surface area contributed by atoms with Gasteiger partial charge in [-0.25, -0.2) is 9.78 Å². The van der Waals surface area contributed by atoms with Crippen LogP contribution in [0.2, 0.25) is 0 Å². The van der Waals surface area contributed by atoms with E-state index in [9.17, 15) is 20.0 Å². The van der Waals surface area contributed by atoms with Crippen LogP contribution in [-0.2, 0) is 16.0 Å². The molecule has 0 saturated heterocycles. The number of ether oxygens (including phenoxy) is 1. The summed E-state index contributed by atoms with van der Waals surface area (Å²) >= 11 is 0.